The van der Waals surface area contributed by atoms with Gasteiger partial charge in [0.05, 0.1) is 11.2 Å². The third kappa shape index (κ3) is 2.14. The number of benzene rings is 1. The van der Waals surface area contributed by atoms with E-state index in [-0.39, 0.29) is 0 Å². The van der Waals surface area contributed by atoms with Gasteiger partial charge >= 0.3 is 0 Å². The monoisotopic (exact) mass is 231 g/mol. The van der Waals surface area contributed by atoms with E-state index in [1.54, 1.807) is 0 Å². The summed E-state index contributed by atoms with van der Waals surface area (Å²) in [6.45, 7) is 9.79. The van der Waals surface area contributed by atoms with Crippen LogP contribution in [0.4, 0.5) is 5.69 Å². The maximum absolute atomic E-state index is 5.99. The van der Waals surface area contributed by atoms with Crippen LogP contribution in [0.5, 0.6) is 0 Å². The molecule has 0 amide bonds. The van der Waals surface area contributed by atoms with Crippen molar-refractivity contribution in [3.63, 3.8) is 0 Å². The first-order valence-electron chi connectivity index (χ1n) is 6.25. The van der Waals surface area contributed by atoms with Crippen LogP contribution in [0.1, 0.15) is 39.4 Å². The fourth-order valence-corrected chi connectivity index (χ4v) is 2.18. The molecule has 2 N–H and O–H groups in total. The zero-order valence-electron chi connectivity index (χ0n) is 11.1. The molecule has 2 rings (SSSR count). The SMILES string of the molecule is CC(C)Cn1c(C(C)C)nc2c(N)cccc21. The lowest BCUT2D eigenvalue weighted by Gasteiger charge is -2.13. The fourth-order valence-electron chi connectivity index (χ4n) is 2.18. The number of hydrogen-bond donors (Lipinski definition) is 1. The summed E-state index contributed by atoms with van der Waals surface area (Å²) in [5.41, 5.74) is 8.86. The number of fused-ring (bicyclic) bond motifs is 1. The van der Waals surface area contributed by atoms with E-state index in [1.807, 2.05) is 12.1 Å². The highest BCUT2D eigenvalue weighted by molar-refractivity contribution is 5.87. The summed E-state index contributed by atoms with van der Waals surface area (Å²) in [5, 5.41) is 0. The minimum atomic E-state index is 0.417. The van der Waals surface area contributed by atoms with Crippen molar-refractivity contribution in [3.8, 4) is 0 Å². The molecule has 1 aromatic carbocycles. The van der Waals surface area contributed by atoms with Gasteiger partial charge in [-0.2, -0.15) is 0 Å². The van der Waals surface area contributed by atoms with E-state index in [0.717, 1.165) is 29.1 Å². The molecular weight excluding hydrogens is 210 g/mol. The van der Waals surface area contributed by atoms with Gasteiger partial charge in [0.15, 0.2) is 0 Å². The van der Waals surface area contributed by atoms with E-state index >= 15 is 0 Å². The van der Waals surface area contributed by atoms with Crippen molar-refractivity contribution in [1.29, 1.82) is 0 Å². The van der Waals surface area contributed by atoms with Gasteiger partial charge in [0.2, 0.25) is 0 Å². The van der Waals surface area contributed by atoms with Gasteiger partial charge in [-0.15, -0.1) is 0 Å². The summed E-state index contributed by atoms with van der Waals surface area (Å²) in [6, 6.07) is 6.02. The highest BCUT2D eigenvalue weighted by Crippen LogP contribution is 2.26. The topological polar surface area (TPSA) is 43.8 Å². The van der Waals surface area contributed by atoms with Crippen LogP contribution in [0, 0.1) is 5.92 Å². The van der Waals surface area contributed by atoms with Crippen LogP contribution < -0.4 is 5.73 Å². The second-order valence-electron chi connectivity index (χ2n) is 5.34. The molecule has 92 valence electrons. The van der Waals surface area contributed by atoms with Crippen molar-refractivity contribution in [2.45, 2.75) is 40.2 Å². The highest BCUT2D eigenvalue weighted by atomic mass is 15.1. The number of nitrogens with two attached hydrogens (primary N) is 1. The summed E-state index contributed by atoms with van der Waals surface area (Å²) < 4.78 is 2.31. The van der Waals surface area contributed by atoms with Crippen LogP contribution in [0.2, 0.25) is 0 Å². The molecule has 1 heterocycles. The van der Waals surface area contributed by atoms with Gasteiger partial charge in [-0.3, -0.25) is 0 Å². The van der Waals surface area contributed by atoms with Crippen molar-refractivity contribution < 1.29 is 0 Å². The number of para-hydroxylation sites is 1. The number of nitrogen functional groups attached to an aromatic ring is 1. The fraction of sp³-hybridized carbons (Fsp3) is 0.500. The molecule has 0 aliphatic rings. The zero-order chi connectivity index (χ0) is 12.6. The van der Waals surface area contributed by atoms with E-state index < -0.39 is 0 Å². The standard InChI is InChI=1S/C14H21N3/c1-9(2)8-17-12-7-5-6-11(15)13(12)16-14(17)10(3)4/h5-7,9-10H,8,15H2,1-4H3. The Balaban J connectivity index is 2.67. The lowest BCUT2D eigenvalue weighted by atomic mass is 10.2. The Morgan fingerprint density at radius 3 is 2.53 bits per heavy atom. The highest BCUT2D eigenvalue weighted by Gasteiger charge is 2.15. The third-order valence-electron chi connectivity index (χ3n) is 2.90. The molecule has 0 unspecified atom stereocenters. The predicted molar refractivity (Wildman–Crippen MR) is 73.1 cm³/mol. The first-order valence-corrected chi connectivity index (χ1v) is 6.25. The molecule has 0 radical (unpaired) electrons. The molecule has 0 saturated carbocycles. The normalized spacial score (nSPS) is 11.9. The maximum atomic E-state index is 5.99. The smallest absolute Gasteiger partial charge is 0.112 e. The Kier molecular flexibility index (Phi) is 3.09. The van der Waals surface area contributed by atoms with Gasteiger partial charge in [0, 0.05) is 12.5 Å². The second kappa shape index (κ2) is 4.40. The van der Waals surface area contributed by atoms with Gasteiger partial charge < -0.3 is 10.3 Å². The van der Waals surface area contributed by atoms with Crippen molar-refractivity contribution in [3.05, 3.63) is 24.0 Å². The van der Waals surface area contributed by atoms with Gasteiger partial charge in [-0.1, -0.05) is 33.8 Å². The minimum Gasteiger partial charge on any atom is -0.397 e. The average Bonchev–Trinajstić information content (AvgIpc) is 2.58. The Morgan fingerprint density at radius 2 is 1.94 bits per heavy atom. The molecule has 3 nitrogen and oxygen atoms in total. The summed E-state index contributed by atoms with van der Waals surface area (Å²) in [4.78, 5) is 4.70. The Labute approximate surface area is 103 Å². The molecule has 0 aliphatic heterocycles. The van der Waals surface area contributed by atoms with Crippen molar-refractivity contribution in [2.24, 2.45) is 5.92 Å². The first kappa shape index (κ1) is 12.0. The van der Waals surface area contributed by atoms with E-state index in [4.69, 9.17) is 10.7 Å². The number of anilines is 1. The molecule has 0 saturated heterocycles. The van der Waals surface area contributed by atoms with E-state index in [0.29, 0.717) is 11.8 Å². The van der Waals surface area contributed by atoms with E-state index in [1.165, 1.54) is 0 Å². The quantitative estimate of drug-likeness (QED) is 0.823. The van der Waals surface area contributed by atoms with Crippen LogP contribution in [-0.2, 0) is 6.54 Å². The number of rotatable bonds is 3. The second-order valence-corrected chi connectivity index (χ2v) is 5.34. The predicted octanol–water partition coefficient (Wildman–Crippen LogP) is 3.40. The van der Waals surface area contributed by atoms with Crippen LogP contribution in [0.15, 0.2) is 18.2 Å². The number of imidazole rings is 1. The Bertz CT molecular complexity index is 523. The van der Waals surface area contributed by atoms with Gasteiger partial charge in [-0.25, -0.2) is 4.98 Å². The van der Waals surface area contributed by atoms with Crippen LogP contribution in [0.3, 0.4) is 0 Å². The van der Waals surface area contributed by atoms with Gasteiger partial charge in [0.1, 0.15) is 11.3 Å². The molecule has 17 heavy (non-hydrogen) atoms. The molecule has 0 bridgehead atoms. The van der Waals surface area contributed by atoms with E-state index in [2.05, 4.69) is 38.3 Å². The molecular formula is C14H21N3. The average molecular weight is 231 g/mol. The molecule has 0 fully saturated rings. The zero-order valence-corrected chi connectivity index (χ0v) is 11.1. The summed E-state index contributed by atoms with van der Waals surface area (Å²) in [5.74, 6) is 2.15. The summed E-state index contributed by atoms with van der Waals surface area (Å²) in [6.07, 6.45) is 0. The third-order valence-corrected chi connectivity index (χ3v) is 2.90. The number of hydrogen-bond acceptors (Lipinski definition) is 2. The summed E-state index contributed by atoms with van der Waals surface area (Å²) in [7, 11) is 0. The lowest BCUT2D eigenvalue weighted by Crippen LogP contribution is -2.09. The first-order chi connectivity index (χ1) is 8.00. The molecule has 0 atom stereocenters. The molecule has 0 spiro atoms. The minimum absolute atomic E-state index is 0.417. The number of nitrogens with zero attached hydrogens (tertiary/aromatic N) is 2. The molecule has 2 aromatic rings. The van der Waals surface area contributed by atoms with Crippen LogP contribution in [-0.4, -0.2) is 9.55 Å². The molecule has 3 heteroatoms. The van der Waals surface area contributed by atoms with Gasteiger partial charge in [0.25, 0.3) is 0 Å². The lowest BCUT2D eigenvalue weighted by molar-refractivity contribution is 0.508. The maximum Gasteiger partial charge on any atom is 0.112 e. The van der Waals surface area contributed by atoms with Crippen LogP contribution >= 0.6 is 0 Å². The summed E-state index contributed by atoms with van der Waals surface area (Å²) >= 11 is 0. The van der Waals surface area contributed by atoms with Crippen molar-refractivity contribution >= 4 is 16.7 Å². The Hall–Kier alpha value is -1.51. The molecule has 0 aliphatic carbocycles. The number of aromatic nitrogens is 2. The largest absolute Gasteiger partial charge is 0.397 e. The van der Waals surface area contributed by atoms with Gasteiger partial charge in [-0.05, 0) is 18.1 Å². The Morgan fingerprint density at radius 1 is 1.24 bits per heavy atom. The van der Waals surface area contributed by atoms with Crippen molar-refractivity contribution in [1.82, 2.24) is 9.55 Å². The van der Waals surface area contributed by atoms with Crippen LogP contribution in [0.25, 0.3) is 11.0 Å². The van der Waals surface area contributed by atoms with E-state index in [9.17, 15) is 0 Å². The van der Waals surface area contributed by atoms with Crippen molar-refractivity contribution in [2.75, 3.05) is 5.73 Å². The molecule has 1 aromatic heterocycles.